The zero-order valence-electron chi connectivity index (χ0n) is 16.6. The van der Waals surface area contributed by atoms with E-state index in [-0.39, 0.29) is 0 Å². The van der Waals surface area contributed by atoms with Gasteiger partial charge in [-0.2, -0.15) is 0 Å². The summed E-state index contributed by atoms with van der Waals surface area (Å²) in [4.78, 5) is 7.38. The molecule has 132 valence electrons. The summed E-state index contributed by atoms with van der Waals surface area (Å²) < 4.78 is 2.20. The van der Waals surface area contributed by atoms with Crippen LogP contribution in [0, 0.1) is 34.6 Å². The Balaban J connectivity index is 2.29. The lowest BCUT2D eigenvalue weighted by molar-refractivity contribution is 0.847. The van der Waals surface area contributed by atoms with Crippen molar-refractivity contribution in [1.82, 2.24) is 9.38 Å². The van der Waals surface area contributed by atoms with Gasteiger partial charge in [0.25, 0.3) is 0 Å². The van der Waals surface area contributed by atoms with Crippen LogP contribution in [-0.2, 0) is 0 Å². The molecule has 0 aliphatic heterocycles. The summed E-state index contributed by atoms with van der Waals surface area (Å²) >= 11 is 0. The van der Waals surface area contributed by atoms with E-state index in [0.717, 1.165) is 24.4 Å². The second-order valence-electron chi connectivity index (χ2n) is 7.08. The van der Waals surface area contributed by atoms with E-state index >= 15 is 0 Å². The first-order chi connectivity index (χ1) is 11.9. The normalized spacial score (nSPS) is 11.3. The summed E-state index contributed by atoms with van der Waals surface area (Å²) in [5.41, 5.74) is 11.2. The van der Waals surface area contributed by atoms with Crippen LogP contribution in [0.2, 0.25) is 0 Å². The lowest BCUT2D eigenvalue weighted by Crippen LogP contribution is -2.23. The summed E-state index contributed by atoms with van der Waals surface area (Å²) in [5, 5.41) is 0. The molecule has 0 saturated heterocycles. The Morgan fingerprint density at radius 3 is 2.00 bits per heavy atom. The fourth-order valence-electron chi connectivity index (χ4n) is 4.05. The number of hydrogen-bond donors (Lipinski definition) is 0. The molecule has 1 aromatic carbocycles. The SMILES string of the molecule is CCN(CC)c1cn2cc(C)c(-c3c(C)cc(C)cc3C)c2nc1C. The number of fused-ring (bicyclic) bond motifs is 1. The zero-order chi connectivity index (χ0) is 18.3. The van der Waals surface area contributed by atoms with Crippen LogP contribution in [0.15, 0.2) is 24.5 Å². The number of benzene rings is 1. The van der Waals surface area contributed by atoms with Crippen LogP contribution in [0.3, 0.4) is 0 Å². The summed E-state index contributed by atoms with van der Waals surface area (Å²) in [6.07, 6.45) is 4.45. The van der Waals surface area contributed by atoms with Crippen molar-refractivity contribution in [2.45, 2.75) is 48.5 Å². The van der Waals surface area contributed by atoms with E-state index in [2.05, 4.69) is 82.3 Å². The quantitative estimate of drug-likeness (QED) is 0.637. The van der Waals surface area contributed by atoms with Crippen molar-refractivity contribution >= 4 is 11.3 Å². The van der Waals surface area contributed by atoms with Gasteiger partial charge in [-0.25, -0.2) is 4.98 Å². The maximum absolute atomic E-state index is 5.02. The molecule has 0 spiro atoms. The van der Waals surface area contributed by atoms with E-state index in [4.69, 9.17) is 4.98 Å². The molecule has 0 atom stereocenters. The second-order valence-corrected chi connectivity index (χ2v) is 7.08. The maximum atomic E-state index is 5.02. The van der Waals surface area contributed by atoms with E-state index in [0.29, 0.717) is 0 Å². The molecule has 3 aromatic rings. The third kappa shape index (κ3) is 2.92. The Hall–Kier alpha value is -2.29. The maximum Gasteiger partial charge on any atom is 0.145 e. The van der Waals surface area contributed by atoms with Crippen molar-refractivity contribution in [3.63, 3.8) is 0 Å². The molecule has 0 aliphatic carbocycles. The summed E-state index contributed by atoms with van der Waals surface area (Å²) in [6.45, 7) is 17.3. The molecular formula is C22H29N3. The van der Waals surface area contributed by atoms with Gasteiger partial charge in [0.2, 0.25) is 0 Å². The van der Waals surface area contributed by atoms with Gasteiger partial charge >= 0.3 is 0 Å². The van der Waals surface area contributed by atoms with Gasteiger partial charge in [-0.15, -0.1) is 0 Å². The standard InChI is InChI=1S/C22H29N3/c1-8-24(9-2)19-13-25-12-17(6)21(22(25)23-18(19)7)20-15(4)10-14(3)11-16(20)5/h10-13H,8-9H2,1-7H3. The van der Waals surface area contributed by atoms with Gasteiger partial charge in [-0.05, 0) is 70.7 Å². The molecule has 0 aliphatic rings. The van der Waals surface area contributed by atoms with E-state index in [1.165, 1.54) is 39.1 Å². The van der Waals surface area contributed by atoms with Gasteiger partial charge in [-0.1, -0.05) is 17.7 Å². The predicted molar refractivity (Wildman–Crippen MR) is 108 cm³/mol. The Kier molecular flexibility index (Phi) is 4.59. The average molecular weight is 335 g/mol. The van der Waals surface area contributed by atoms with Crippen molar-refractivity contribution in [2.24, 2.45) is 0 Å². The van der Waals surface area contributed by atoms with Crippen LogP contribution in [-0.4, -0.2) is 22.5 Å². The number of rotatable bonds is 4. The molecule has 0 saturated carbocycles. The van der Waals surface area contributed by atoms with E-state index in [1.54, 1.807) is 0 Å². The van der Waals surface area contributed by atoms with Crippen LogP contribution in [0.25, 0.3) is 16.8 Å². The highest BCUT2D eigenvalue weighted by atomic mass is 15.1. The van der Waals surface area contributed by atoms with Crippen molar-refractivity contribution in [3.05, 3.63) is 52.5 Å². The fraction of sp³-hybridized carbons (Fsp3) is 0.409. The molecule has 2 aromatic heterocycles. The van der Waals surface area contributed by atoms with E-state index in [1.807, 2.05) is 0 Å². The number of anilines is 1. The first-order valence-electron chi connectivity index (χ1n) is 9.19. The molecule has 0 fully saturated rings. The lowest BCUT2D eigenvalue weighted by atomic mass is 9.93. The Morgan fingerprint density at radius 1 is 0.840 bits per heavy atom. The largest absolute Gasteiger partial charge is 0.369 e. The zero-order valence-corrected chi connectivity index (χ0v) is 16.6. The van der Waals surface area contributed by atoms with Crippen LogP contribution in [0.4, 0.5) is 5.69 Å². The minimum absolute atomic E-state index is 0.994. The van der Waals surface area contributed by atoms with E-state index < -0.39 is 0 Å². The molecule has 3 heteroatoms. The number of hydrogen-bond acceptors (Lipinski definition) is 2. The van der Waals surface area contributed by atoms with Gasteiger partial charge in [0.15, 0.2) is 0 Å². The highest BCUT2D eigenvalue weighted by molar-refractivity contribution is 5.86. The van der Waals surface area contributed by atoms with Gasteiger partial charge < -0.3 is 9.30 Å². The highest BCUT2D eigenvalue weighted by Gasteiger charge is 2.18. The molecule has 0 N–H and O–H groups in total. The van der Waals surface area contributed by atoms with Crippen LogP contribution in [0.1, 0.15) is 41.8 Å². The molecule has 0 bridgehead atoms. The Labute approximate surface area is 151 Å². The summed E-state index contributed by atoms with van der Waals surface area (Å²) in [6, 6.07) is 4.53. The Bertz CT molecular complexity index is 907. The average Bonchev–Trinajstić information content (AvgIpc) is 2.83. The molecule has 2 heterocycles. The number of nitrogens with zero attached hydrogens (tertiary/aromatic N) is 3. The molecule has 0 unspecified atom stereocenters. The first kappa shape index (κ1) is 17.5. The first-order valence-corrected chi connectivity index (χ1v) is 9.19. The van der Waals surface area contributed by atoms with Gasteiger partial charge in [0.1, 0.15) is 5.65 Å². The molecule has 0 radical (unpaired) electrons. The third-order valence-corrected chi connectivity index (χ3v) is 5.13. The lowest BCUT2D eigenvalue weighted by Gasteiger charge is -2.23. The van der Waals surface area contributed by atoms with Crippen LogP contribution in [0.5, 0.6) is 0 Å². The minimum Gasteiger partial charge on any atom is -0.369 e. The molecule has 0 amide bonds. The van der Waals surface area contributed by atoms with Crippen molar-refractivity contribution in [2.75, 3.05) is 18.0 Å². The fourth-order valence-corrected chi connectivity index (χ4v) is 4.05. The van der Waals surface area contributed by atoms with Crippen molar-refractivity contribution in [3.8, 4) is 11.1 Å². The minimum atomic E-state index is 0.994. The molecular weight excluding hydrogens is 306 g/mol. The smallest absolute Gasteiger partial charge is 0.145 e. The molecule has 3 nitrogen and oxygen atoms in total. The van der Waals surface area contributed by atoms with Crippen LogP contribution < -0.4 is 4.90 Å². The van der Waals surface area contributed by atoms with E-state index in [9.17, 15) is 0 Å². The predicted octanol–water partition coefficient (Wildman–Crippen LogP) is 5.39. The third-order valence-electron chi connectivity index (χ3n) is 5.13. The van der Waals surface area contributed by atoms with Gasteiger partial charge in [0, 0.05) is 31.0 Å². The summed E-state index contributed by atoms with van der Waals surface area (Å²) in [7, 11) is 0. The second kappa shape index (κ2) is 6.55. The highest BCUT2D eigenvalue weighted by Crippen LogP contribution is 2.35. The monoisotopic (exact) mass is 335 g/mol. The Morgan fingerprint density at radius 2 is 1.44 bits per heavy atom. The van der Waals surface area contributed by atoms with Crippen LogP contribution >= 0.6 is 0 Å². The van der Waals surface area contributed by atoms with Gasteiger partial charge in [-0.3, -0.25) is 0 Å². The van der Waals surface area contributed by atoms with Gasteiger partial charge in [0.05, 0.1) is 11.4 Å². The number of aryl methyl sites for hydroxylation is 5. The number of aromatic nitrogens is 2. The van der Waals surface area contributed by atoms with Crippen molar-refractivity contribution < 1.29 is 0 Å². The topological polar surface area (TPSA) is 20.5 Å². The summed E-state index contributed by atoms with van der Waals surface area (Å²) in [5.74, 6) is 0. The van der Waals surface area contributed by atoms with Crippen molar-refractivity contribution in [1.29, 1.82) is 0 Å². The molecule has 25 heavy (non-hydrogen) atoms. The molecule has 3 rings (SSSR count).